The summed E-state index contributed by atoms with van der Waals surface area (Å²) >= 11 is 0. The van der Waals surface area contributed by atoms with Crippen molar-refractivity contribution in [2.45, 2.75) is 6.92 Å². The van der Waals surface area contributed by atoms with Crippen molar-refractivity contribution in [3.63, 3.8) is 0 Å². The van der Waals surface area contributed by atoms with Gasteiger partial charge in [-0.05, 0) is 31.2 Å². The molecule has 0 bridgehead atoms. The predicted octanol–water partition coefficient (Wildman–Crippen LogP) is 2.50. The fourth-order valence-corrected chi connectivity index (χ4v) is 1.60. The number of hydrogen-bond donors (Lipinski definition) is 2. The van der Waals surface area contributed by atoms with Gasteiger partial charge in [0.05, 0.1) is 11.3 Å². The Morgan fingerprint density at radius 2 is 2.05 bits per heavy atom. The standard InChI is InChI=1S/C13H11F2N3O/c1-7-8(3-2-6-17-7)13(19)18-12-10(16)5-4-9(14)11(12)15/h2-6H,16H2,1H3,(H,18,19). The molecule has 0 radical (unpaired) electrons. The van der Waals surface area contributed by atoms with Gasteiger partial charge in [-0.15, -0.1) is 0 Å². The monoisotopic (exact) mass is 263 g/mol. The first-order chi connectivity index (χ1) is 9.00. The van der Waals surface area contributed by atoms with Gasteiger partial charge in [0.25, 0.3) is 5.91 Å². The first-order valence-corrected chi connectivity index (χ1v) is 5.47. The zero-order chi connectivity index (χ0) is 14.0. The maximum absolute atomic E-state index is 13.6. The molecule has 1 aromatic heterocycles. The van der Waals surface area contributed by atoms with E-state index >= 15 is 0 Å². The largest absolute Gasteiger partial charge is 0.397 e. The van der Waals surface area contributed by atoms with E-state index in [0.29, 0.717) is 5.69 Å². The summed E-state index contributed by atoms with van der Waals surface area (Å²) in [5.74, 6) is -2.86. The minimum atomic E-state index is -1.19. The van der Waals surface area contributed by atoms with E-state index in [0.717, 1.165) is 6.07 Å². The fourth-order valence-electron chi connectivity index (χ4n) is 1.60. The summed E-state index contributed by atoms with van der Waals surface area (Å²) in [6, 6.07) is 5.19. The van der Waals surface area contributed by atoms with E-state index in [4.69, 9.17) is 5.73 Å². The van der Waals surface area contributed by atoms with E-state index < -0.39 is 17.5 Å². The van der Waals surface area contributed by atoms with Gasteiger partial charge in [0.2, 0.25) is 0 Å². The van der Waals surface area contributed by atoms with E-state index in [-0.39, 0.29) is 16.9 Å². The summed E-state index contributed by atoms with van der Waals surface area (Å²) in [6.07, 6.45) is 1.53. The highest BCUT2D eigenvalue weighted by molar-refractivity contribution is 6.06. The van der Waals surface area contributed by atoms with Crippen molar-refractivity contribution in [1.82, 2.24) is 4.98 Å². The summed E-state index contributed by atoms with van der Waals surface area (Å²) in [5, 5.41) is 2.26. The highest BCUT2D eigenvalue weighted by Gasteiger charge is 2.16. The summed E-state index contributed by atoms with van der Waals surface area (Å²) in [4.78, 5) is 15.9. The Kier molecular flexibility index (Phi) is 3.41. The second-order valence-corrected chi connectivity index (χ2v) is 3.92. The third-order valence-electron chi connectivity index (χ3n) is 2.62. The lowest BCUT2D eigenvalue weighted by Gasteiger charge is -2.10. The number of carbonyl (C=O) groups excluding carboxylic acids is 1. The highest BCUT2D eigenvalue weighted by atomic mass is 19.2. The number of hydrogen-bond acceptors (Lipinski definition) is 3. The fraction of sp³-hybridized carbons (Fsp3) is 0.0769. The molecule has 0 spiro atoms. The SMILES string of the molecule is Cc1ncccc1C(=O)Nc1c(N)ccc(F)c1F. The highest BCUT2D eigenvalue weighted by Crippen LogP contribution is 2.25. The molecule has 98 valence electrons. The molecule has 0 saturated carbocycles. The average Bonchev–Trinajstić information content (AvgIpc) is 2.39. The molecule has 1 aromatic carbocycles. The van der Waals surface area contributed by atoms with Gasteiger partial charge in [-0.2, -0.15) is 0 Å². The number of aromatic nitrogens is 1. The topological polar surface area (TPSA) is 68.0 Å². The molecule has 0 aliphatic carbocycles. The van der Waals surface area contributed by atoms with Gasteiger partial charge in [-0.25, -0.2) is 8.78 Å². The molecule has 0 aliphatic rings. The van der Waals surface area contributed by atoms with E-state index in [9.17, 15) is 13.6 Å². The van der Waals surface area contributed by atoms with Crippen LogP contribution in [0.2, 0.25) is 0 Å². The van der Waals surface area contributed by atoms with Gasteiger partial charge in [-0.3, -0.25) is 9.78 Å². The normalized spacial score (nSPS) is 10.3. The first-order valence-electron chi connectivity index (χ1n) is 5.47. The maximum Gasteiger partial charge on any atom is 0.257 e. The second kappa shape index (κ2) is 5.01. The number of aryl methyl sites for hydroxylation is 1. The Hall–Kier alpha value is -2.50. The molecule has 0 aliphatic heterocycles. The van der Waals surface area contributed by atoms with Gasteiger partial charge in [0.1, 0.15) is 5.69 Å². The number of nitrogens with two attached hydrogens (primary N) is 1. The van der Waals surface area contributed by atoms with Gasteiger partial charge < -0.3 is 11.1 Å². The number of amides is 1. The van der Waals surface area contributed by atoms with Crippen LogP contribution in [-0.4, -0.2) is 10.9 Å². The van der Waals surface area contributed by atoms with Crippen LogP contribution in [0.5, 0.6) is 0 Å². The smallest absolute Gasteiger partial charge is 0.257 e. The maximum atomic E-state index is 13.6. The van der Waals surface area contributed by atoms with Gasteiger partial charge in [-0.1, -0.05) is 0 Å². The van der Waals surface area contributed by atoms with Crippen LogP contribution in [0.4, 0.5) is 20.2 Å². The number of halogens is 2. The quantitative estimate of drug-likeness (QED) is 0.818. The zero-order valence-electron chi connectivity index (χ0n) is 10.1. The van der Waals surface area contributed by atoms with Crippen molar-refractivity contribution in [2.24, 2.45) is 0 Å². The molecule has 0 unspecified atom stereocenters. The van der Waals surface area contributed by atoms with Crippen molar-refractivity contribution in [3.8, 4) is 0 Å². The molecule has 0 atom stereocenters. The van der Waals surface area contributed by atoms with Crippen LogP contribution in [0.1, 0.15) is 16.1 Å². The summed E-state index contributed by atoms with van der Waals surface area (Å²) in [6.45, 7) is 1.64. The Balaban J connectivity index is 2.35. The van der Waals surface area contributed by atoms with Crippen molar-refractivity contribution in [2.75, 3.05) is 11.1 Å². The molecule has 0 fully saturated rings. The number of pyridine rings is 1. The number of anilines is 2. The predicted molar refractivity (Wildman–Crippen MR) is 67.7 cm³/mol. The van der Waals surface area contributed by atoms with Crippen LogP contribution in [0.25, 0.3) is 0 Å². The molecular weight excluding hydrogens is 252 g/mol. The van der Waals surface area contributed by atoms with Crippen molar-refractivity contribution in [1.29, 1.82) is 0 Å². The second-order valence-electron chi connectivity index (χ2n) is 3.92. The van der Waals surface area contributed by atoms with Crippen molar-refractivity contribution in [3.05, 3.63) is 53.4 Å². The Morgan fingerprint density at radius 3 is 2.74 bits per heavy atom. The van der Waals surface area contributed by atoms with Crippen molar-refractivity contribution < 1.29 is 13.6 Å². The zero-order valence-corrected chi connectivity index (χ0v) is 10.1. The number of nitrogens with zero attached hydrogens (tertiary/aromatic N) is 1. The molecule has 2 aromatic rings. The van der Waals surface area contributed by atoms with Crippen LogP contribution in [0.15, 0.2) is 30.5 Å². The van der Waals surface area contributed by atoms with E-state index in [1.807, 2.05) is 0 Å². The Morgan fingerprint density at radius 1 is 1.32 bits per heavy atom. The van der Waals surface area contributed by atoms with Gasteiger partial charge >= 0.3 is 0 Å². The molecule has 19 heavy (non-hydrogen) atoms. The summed E-state index contributed by atoms with van der Waals surface area (Å²) in [5.41, 5.74) is 5.85. The lowest BCUT2D eigenvalue weighted by Crippen LogP contribution is -2.16. The van der Waals surface area contributed by atoms with Crippen molar-refractivity contribution >= 4 is 17.3 Å². The summed E-state index contributed by atoms with van der Waals surface area (Å²) in [7, 11) is 0. The average molecular weight is 263 g/mol. The number of carbonyl (C=O) groups is 1. The minimum Gasteiger partial charge on any atom is -0.397 e. The third-order valence-corrected chi connectivity index (χ3v) is 2.62. The van der Waals surface area contributed by atoms with Gasteiger partial charge in [0.15, 0.2) is 11.6 Å². The van der Waals surface area contributed by atoms with Crippen LogP contribution >= 0.6 is 0 Å². The van der Waals surface area contributed by atoms with E-state index in [1.165, 1.54) is 18.3 Å². The number of benzene rings is 1. The summed E-state index contributed by atoms with van der Waals surface area (Å²) < 4.78 is 26.7. The van der Waals surface area contributed by atoms with Crippen LogP contribution in [0, 0.1) is 18.6 Å². The molecule has 6 heteroatoms. The lowest BCUT2D eigenvalue weighted by molar-refractivity contribution is 0.102. The Labute approximate surface area is 108 Å². The third kappa shape index (κ3) is 2.52. The van der Waals surface area contributed by atoms with Crippen LogP contribution < -0.4 is 11.1 Å². The van der Waals surface area contributed by atoms with E-state index in [1.54, 1.807) is 13.0 Å². The number of rotatable bonds is 2. The van der Waals surface area contributed by atoms with Crippen LogP contribution in [-0.2, 0) is 0 Å². The molecule has 4 nitrogen and oxygen atoms in total. The first kappa shape index (κ1) is 12.9. The molecule has 1 amide bonds. The molecule has 3 N–H and O–H groups in total. The van der Waals surface area contributed by atoms with Gasteiger partial charge in [0, 0.05) is 11.9 Å². The van der Waals surface area contributed by atoms with E-state index in [2.05, 4.69) is 10.3 Å². The lowest BCUT2D eigenvalue weighted by atomic mass is 10.2. The molecule has 2 rings (SSSR count). The minimum absolute atomic E-state index is 0.0474. The molecule has 1 heterocycles. The van der Waals surface area contributed by atoms with Crippen LogP contribution in [0.3, 0.4) is 0 Å². The number of nitrogens with one attached hydrogen (secondary N) is 1. The Bertz CT molecular complexity index is 644. The molecule has 0 saturated heterocycles. The number of nitrogen functional groups attached to an aromatic ring is 1. The molecular formula is C13H11F2N3O.